The number of amides is 2. The van der Waals surface area contributed by atoms with E-state index in [4.69, 9.17) is 23.7 Å². The molecule has 7 rings (SSSR count). The molecule has 3 aromatic carbocycles. The van der Waals surface area contributed by atoms with Crippen molar-refractivity contribution in [2.24, 2.45) is 4.99 Å². The molecule has 13 heteroatoms. The topological polar surface area (TPSA) is 148 Å². The maximum absolute atomic E-state index is 14.2. The summed E-state index contributed by atoms with van der Waals surface area (Å²) in [5.41, 5.74) is 5.70. The highest BCUT2D eigenvalue weighted by atomic mass is 16.5. The number of aliphatic hydroxyl groups is 1. The lowest BCUT2D eigenvalue weighted by Crippen LogP contribution is -2.41. The largest absolute Gasteiger partial charge is 0.493 e. The number of ether oxygens (including phenoxy) is 5. The number of nitrogens with one attached hydrogen (secondary N) is 1. The Hall–Kier alpha value is -5.82. The Labute approximate surface area is 339 Å². The smallest absolute Gasteiger partial charge is 0.313 e. The summed E-state index contributed by atoms with van der Waals surface area (Å²) in [4.78, 5) is 49.4. The minimum atomic E-state index is -0.826. The van der Waals surface area contributed by atoms with E-state index in [9.17, 15) is 19.5 Å². The predicted molar refractivity (Wildman–Crippen MR) is 219 cm³/mol. The summed E-state index contributed by atoms with van der Waals surface area (Å²) < 4.78 is 29.6. The number of aliphatic hydroxyl groups excluding tert-OH is 1. The van der Waals surface area contributed by atoms with E-state index in [1.807, 2.05) is 57.6 Å². The molecular formula is C45H52N4O9. The van der Waals surface area contributed by atoms with Crippen LogP contribution in [-0.4, -0.2) is 91.6 Å². The van der Waals surface area contributed by atoms with Crippen molar-refractivity contribution >= 4 is 35.4 Å². The molecule has 4 aliphatic heterocycles. The standard InChI is InChI=1S/C45H52N4O9/c1-27-17-31-23-47-36-22-42(40(55-5)21-35(36)44(52)48(31)24-27)57-16-8-6-7-15-56-41-19-33-32(45(53)58-26-29-9-11-30(46-3)12-10-29)13-14-38(50)37-18-28(2)25-49(37)43(51)34(33)20-39(41)54-4/h9-12,19-25,31-32,37-38,46,50H,6-8,13-18,26H2,1-5H3/t31-,32-,37-,38+/m0/s1. The molecule has 2 amide bonds. The number of carbonyl (C=O) groups excluding carboxylic acids is 3. The second-order valence-corrected chi connectivity index (χ2v) is 15.3. The van der Waals surface area contributed by atoms with Gasteiger partial charge in [-0.25, -0.2) is 0 Å². The first-order valence-corrected chi connectivity index (χ1v) is 19.9. The first kappa shape index (κ1) is 40.4. The van der Waals surface area contributed by atoms with Crippen LogP contribution in [0.4, 0.5) is 11.4 Å². The molecule has 0 bridgehead atoms. The van der Waals surface area contributed by atoms with Crippen LogP contribution in [0.2, 0.25) is 0 Å². The number of methoxy groups -OCH3 is 2. The molecule has 4 heterocycles. The number of aliphatic imine (C=N–C) groups is 1. The molecule has 13 nitrogen and oxygen atoms in total. The summed E-state index contributed by atoms with van der Waals surface area (Å²) in [5.74, 6) is 0.0170. The number of unbranched alkanes of at least 4 members (excludes halogenated alkanes) is 2. The van der Waals surface area contributed by atoms with Crippen molar-refractivity contribution in [1.29, 1.82) is 0 Å². The third kappa shape index (κ3) is 8.54. The average Bonchev–Trinajstić information content (AvgIpc) is 3.80. The molecule has 58 heavy (non-hydrogen) atoms. The van der Waals surface area contributed by atoms with E-state index in [1.54, 1.807) is 47.4 Å². The van der Waals surface area contributed by atoms with Crippen LogP contribution in [0.15, 0.2) is 77.1 Å². The molecule has 2 N–H and O–H groups in total. The molecule has 0 aromatic heterocycles. The lowest BCUT2D eigenvalue weighted by Gasteiger charge is -2.27. The molecule has 0 radical (unpaired) electrons. The molecule has 0 unspecified atom stereocenters. The Bertz CT molecular complexity index is 2130. The fourth-order valence-electron chi connectivity index (χ4n) is 8.06. The van der Waals surface area contributed by atoms with Crippen LogP contribution in [0, 0.1) is 0 Å². The minimum absolute atomic E-state index is 0.0641. The lowest BCUT2D eigenvalue weighted by atomic mass is 9.88. The van der Waals surface area contributed by atoms with Gasteiger partial charge in [-0.15, -0.1) is 0 Å². The molecule has 306 valence electrons. The molecule has 0 saturated heterocycles. The number of rotatable bonds is 14. The summed E-state index contributed by atoms with van der Waals surface area (Å²) in [6.07, 6.45) is 8.74. The second kappa shape index (κ2) is 17.8. The van der Waals surface area contributed by atoms with E-state index < -0.39 is 24.0 Å². The Morgan fingerprint density at radius 1 is 0.810 bits per heavy atom. The van der Waals surface area contributed by atoms with Crippen LogP contribution < -0.4 is 24.3 Å². The van der Waals surface area contributed by atoms with Gasteiger partial charge in [0.05, 0.1) is 62.8 Å². The van der Waals surface area contributed by atoms with Crippen molar-refractivity contribution in [2.75, 3.05) is 39.8 Å². The molecule has 3 aromatic rings. The first-order valence-electron chi connectivity index (χ1n) is 19.9. The second-order valence-electron chi connectivity index (χ2n) is 15.3. The van der Waals surface area contributed by atoms with E-state index in [0.29, 0.717) is 77.9 Å². The van der Waals surface area contributed by atoms with Crippen LogP contribution in [0.5, 0.6) is 23.0 Å². The van der Waals surface area contributed by atoms with Crippen molar-refractivity contribution in [3.05, 3.63) is 94.3 Å². The van der Waals surface area contributed by atoms with Crippen molar-refractivity contribution in [2.45, 2.75) is 89.5 Å². The molecule has 0 saturated carbocycles. The van der Waals surface area contributed by atoms with Gasteiger partial charge in [0.15, 0.2) is 23.0 Å². The lowest BCUT2D eigenvalue weighted by molar-refractivity contribution is -0.147. The molecular weight excluding hydrogens is 741 g/mol. The van der Waals surface area contributed by atoms with Gasteiger partial charge in [0.25, 0.3) is 11.8 Å². The third-order valence-corrected chi connectivity index (χ3v) is 11.2. The van der Waals surface area contributed by atoms with Gasteiger partial charge >= 0.3 is 5.97 Å². The van der Waals surface area contributed by atoms with Gasteiger partial charge < -0.3 is 43.9 Å². The third-order valence-electron chi connectivity index (χ3n) is 11.2. The van der Waals surface area contributed by atoms with E-state index >= 15 is 0 Å². The Morgan fingerprint density at radius 2 is 1.45 bits per heavy atom. The van der Waals surface area contributed by atoms with Crippen molar-refractivity contribution in [1.82, 2.24) is 9.80 Å². The fourth-order valence-corrected chi connectivity index (χ4v) is 8.06. The summed E-state index contributed by atoms with van der Waals surface area (Å²) >= 11 is 0. The van der Waals surface area contributed by atoms with Gasteiger partial charge in [0, 0.05) is 43.0 Å². The van der Waals surface area contributed by atoms with Crippen molar-refractivity contribution < 1.29 is 43.2 Å². The number of anilines is 1. The minimum Gasteiger partial charge on any atom is -0.493 e. The molecule has 4 aliphatic rings. The molecule has 4 atom stereocenters. The fraction of sp³-hybridized carbons (Fsp3) is 0.422. The van der Waals surface area contributed by atoms with Crippen LogP contribution in [0.25, 0.3) is 0 Å². The number of carbonyl (C=O) groups is 3. The van der Waals surface area contributed by atoms with E-state index in [0.717, 1.165) is 41.7 Å². The zero-order valence-electron chi connectivity index (χ0n) is 33.8. The van der Waals surface area contributed by atoms with Gasteiger partial charge in [-0.3, -0.25) is 19.4 Å². The Kier molecular flexibility index (Phi) is 12.4. The van der Waals surface area contributed by atoms with Gasteiger partial charge in [0.1, 0.15) is 6.61 Å². The van der Waals surface area contributed by atoms with Crippen LogP contribution in [0.3, 0.4) is 0 Å². The van der Waals surface area contributed by atoms with Crippen molar-refractivity contribution in [3.63, 3.8) is 0 Å². The highest BCUT2D eigenvalue weighted by molar-refractivity contribution is 6.04. The quantitative estimate of drug-likeness (QED) is 0.126. The van der Waals surface area contributed by atoms with Gasteiger partial charge in [-0.2, -0.15) is 0 Å². The molecule has 0 aliphatic carbocycles. The molecule has 0 spiro atoms. The zero-order chi connectivity index (χ0) is 40.9. The number of fused-ring (bicyclic) bond motifs is 4. The average molecular weight is 793 g/mol. The van der Waals surface area contributed by atoms with Gasteiger partial charge in [-0.1, -0.05) is 23.3 Å². The number of hydrogen-bond acceptors (Lipinski definition) is 11. The maximum atomic E-state index is 14.2. The number of hydrogen-bond donors (Lipinski definition) is 2. The van der Waals surface area contributed by atoms with E-state index in [-0.39, 0.29) is 30.9 Å². The maximum Gasteiger partial charge on any atom is 0.313 e. The van der Waals surface area contributed by atoms with Gasteiger partial charge in [-0.05, 0) is 100 Å². The SMILES string of the molecule is CNc1ccc(COC(=O)[C@H]2CC[C@@H](O)[C@@H]3CC(C)=CN3C(=O)c3cc(OC)c(OCCCCCOc4cc5c(cc4OC)C(=O)N4C=C(C)C[C@H]4C=N5)cc32)cc1. The van der Waals surface area contributed by atoms with Gasteiger partial charge in [0.2, 0.25) is 0 Å². The summed E-state index contributed by atoms with van der Waals surface area (Å²) in [7, 11) is 4.90. The Morgan fingerprint density at radius 3 is 2.14 bits per heavy atom. The first-order chi connectivity index (χ1) is 28.1. The monoisotopic (exact) mass is 792 g/mol. The highest BCUT2D eigenvalue weighted by Gasteiger charge is 2.40. The Balaban J connectivity index is 1.02. The predicted octanol–water partition coefficient (Wildman–Crippen LogP) is 7.31. The summed E-state index contributed by atoms with van der Waals surface area (Å²) in [6.45, 7) is 4.77. The molecule has 0 fully saturated rings. The summed E-state index contributed by atoms with van der Waals surface area (Å²) in [6, 6.07) is 13.9. The normalized spacial score (nSPS) is 20.9. The van der Waals surface area contributed by atoms with Crippen LogP contribution in [0.1, 0.15) is 96.6 Å². The van der Waals surface area contributed by atoms with Crippen molar-refractivity contribution in [3.8, 4) is 23.0 Å². The number of esters is 1. The van der Waals surface area contributed by atoms with Crippen LogP contribution in [-0.2, 0) is 16.1 Å². The van der Waals surface area contributed by atoms with E-state index in [2.05, 4.69) is 10.3 Å². The summed E-state index contributed by atoms with van der Waals surface area (Å²) in [5, 5.41) is 14.3. The van der Waals surface area contributed by atoms with E-state index in [1.165, 1.54) is 7.11 Å². The number of nitrogens with zero attached hydrogens (tertiary/aromatic N) is 3. The highest BCUT2D eigenvalue weighted by Crippen LogP contribution is 2.41. The zero-order valence-corrected chi connectivity index (χ0v) is 33.8. The van der Waals surface area contributed by atoms with Crippen LogP contribution >= 0.6 is 0 Å². The number of benzene rings is 3.